The predicted molar refractivity (Wildman–Crippen MR) is 90.8 cm³/mol. The zero-order valence-electron chi connectivity index (χ0n) is 13.3. The van der Waals surface area contributed by atoms with Crippen molar-refractivity contribution in [3.05, 3.63) is 22.2 Å². The number of hydrogen-bond acceptors (Lipinski definition) is 4. The minimum atomic E-state index is 0.0708. The van der Waals surface area contributed by atoms with Crippen LogP contribution >= 0.6 is 15.9 Å². The largest absolute Gasteiger partial charge is 0.493 e. The van der Waals surface area contributed by atoms with Crippen LogP contribution in [0.25, 0.3) is 0 Å². The topological polar surface area (TPSA) is 38.8 Å². The molecule has 0 radical (unpaired) electrons. The van der Waals surface area contributed by atoms with E-state index in [0.29, 0.717) is 0 Å². The highest BCUT2D eigenvalue weighted by molar-refractivity contribution is 9.10. The Kier molecular flexibility index (Phi) is 6.70. The molecular weight excluding hydrogens is 346 g/mol. The van der Waals surface area contributed by atoms with Gasteiger partial charge < -0.3 is 14.3 Å². The Bertz CT molecular complexity index is 501. The van der Waals surface area contributed by atoms with Gasteiger partial charge in [0.05, 0.1) is 20.3 Å². The Morgan fingerprint density at radius 1 is 1.23 bits per heavy atom. The Balaban J connectivity index is 1.94. The second kappa shape index (κ2) is 8.53. The lowest BCUT2D eigenvalue weighted by Gasteiger charge is -2.22. The molecule has 5 heteroatoms. The first-order valence-electron chi connectivity index (χ1n) is 7.79. The number of hydrogen-bond donors (Lipinski definition) is 0. The van der Waals surface area contributed by atoms with E-state index in [2.05, 4.69) is 20.8 Å². The highest BCUT2D eigenvalue weighted by Gasteiger charge is 2.21. The van der Waals surface area contributed by atoms with Crippen LogP contribution < -0.4 is 9.47 Å². The molecule has 1 saturated heterocycles. The van der Waals surface area contributed by atoms with Crippen molar-refractivity contribution in [3.8, 4) is 11.5 Å². The number of likely N-dealkylation sites (tertiary alicyclic amines) is 1. The third-order valence-corrected chi connectivity index (χ3v) is 5.00. The summed E-state index contributed by atoms with van der Waals surface area (Å²) in [5.74, 6) is 1.47. The van der Waals surface area contributed by atoms with Gasteiger partial charge in [0.1, 0.15) is 6.29 Å². The zero-order chi connectivity index (χ0) is 15.9. The van der Waals surface area contributed by atoms with Gasteiger partial charge in [-0.3, -0.25) is 4.90 Å². The molecule has 1 aliphatic heterocycles. The predicted octanol–water partition coefficient (Wildman–Crippen LogP) is 3.45. The molecule has 0 N–H and O–H groups in total. The number of benzene rings is 1. The molecule has 0 aliphatic carbocycles. The molecule has 22 heavy (non-hydrogen) atoms. The number of rotatable bonds is 8. The molecule has 0 amide bonds. The van der Waals surface area contributed by atoms with Gasteiger partial charge in [-0.1, -0.05) is 15.9 Å². The van der Waals surface area contributed by atoms with E-state index in [1.165, 1.54) is 18.4 Å². The second-order valence-corrected chi connectivity index (χ2v) is 6.49. The van der Waals surface area contributed by atoms with E-state index in [9.17, 15) is 4.79 Å². The maximum atomic E-state index is 11.3. The fourth-order valence-corrected chi connectivity index (χ4v) is 3.52. The van der Waals surface area contributed by atoms with Gasteiger partial charge in [0, 0.05) is 4.47 Å². The number of methoxy groups -OCH3 is 2. The maximum Gasteiger partial charge on any atom is 0.161 e. The van der Waals surface area contributed by atoms with Crippen LogP contribution in [0.15, 0.2) is 16.6 Å². The molecular formula is C17H24BrNO3. The van der Waals surface area contributed by atoms with Gasteiger partial charge in [0.15, 0.2) is 11.5 Å². The number of halogens is 1. The minimum absolute atomic E-state index is 0.0708. The van der Waals surface area contributed by atoms with Crippen LogP contribution in [0, 0.1) is 0 Å². The summed E-state index contributed by atoms with van der Waals surface area (Å²) in [5, 5.41) is 0. The van der Waals surface area contributed by atoms with Crippen molar-refractivity contribution in [2.24, 2.45) is 0 Å². The van der Waals surface area contributed by atoms with Crippen molar-refractivity contribution in [1.29, 1.82) is 0 Å². The van der Waals surface area contributed by atoms with E-state index in [4.69, 9.17) is 9.47 Å². The Labute approximate surface area is 140 Å². The summed E-state index contributed by atoms with van der Waals surface area (Å²) in [6, 6.07) is 4.02. The molecule has 0 saturated carbocycles. The third kappa shape index (κ3) is 4.23. The fraction of sp³-hybridized carbons (Fsp3) is 0.588. The summed E-state index contributed by atoms with van der Waals surface area (Å²) >= 11 is 3.59. The number of aldehydes is 1. The lowest BCUT2D eigenvalue weighted by molar-refractivity contribution is -0.112. The van der Waals surface area contributed by atoms with E-state index in [1.807, 2.05) is 12.1 Å². The van der Waals surface area contributed by atoms with Gasteiger partial charge in [-0.2, -0.15) is 0 Å². The smallest absolute Gasteiger partial charge is 0.161 e. The first kappa shape index (κ1) is 17.3. The standard InChI is InChI=1S/C17H24BrNO3/c1-21-16-10-13(15(18)11-17(16)22-2)6-5-7-14(12-20)19-8-3-4-9-19/h10-12,14H,3-9H2,1-2H3. The van der Waals surface area contributed by atoms with Gasteiger partial charge in [-0.05, 0) is 62.9 Å². The van der Waals surface area contributed by atoms with Gasteiger partial charge in [0.25, 0.3) is 0 Å². The van der Waals surface area contributed by atoms with Crippen molar-refractivity contribution in [2.45, 2.75) is 38.1 Å². The van der Waals surface area contributed by atoms with Crippen LogP contribution in [-0.2, 0) is 11.2 Å². The maximum absolute atomic E-state index is 11.3. The summed E-state index contributed by atoms with van der Waals surface area (Å²) in [5.41, 5.74) is 1.18. The van der Waals surface area contributed by atoms with Crippen LogP contribution in [0.3, 0.4) is 0 Å². The number of carbonyl (C=O) groups is 1. The van der Waals surface area contributed by atoms with Crippen LogP contribution in [-0.4, -0.2) is 44.5 Å². The highest BCUT2D eigenvalue weighted by Crippen LogP contribution is 2.34. The van der Waals surface area contributed by atoms with Crippen molar-refractivity contribution >= 4 is 22.2 Å². The molecule has 1 aliphatic rings. The molecule has 2 rings (SSSR count). The summed E-state index contributed by atoms with van der Waals surface area (Å²) in [4.78, 5) is 13.6. The Morgan fingerprint density at radius 3 is 2.45 bits per heavy atom. The molecule has 0 spiro atoms. The van der Waals surface area contributed by atoms with Crippen molar-refractivity contribution in [3.63, 3.8) is 0 Å². The second-order valence-electron chi connectivity index (χ2n) is 5.64. The SMILES string of the molecule is COc1cc(Br)c(CCCC(C=O)N2CCCC2)cc1OC. The minimum Gasteiger partial charge on any atom is -0.493 e. The third-order valence-electron chi connectivity index (χ3n) is 4.27. The van der Waals surface area contributed by atoms with Gasteiger partial charge in [-0.15, -0.1) is 0 Å². The number of ether oxygens (including phenoxy) is 2. The van der Waals surface area contributed by atoms with Crippen molar-refractivity contribution in [1.82, 2.24) is 4.90 Å². The van der Waals surface area contributed by atoms with E-state index in [1.54, 1.807) is 14.2 Å². The normalized spacial score (nSPS) is 16.5. The highest BCUT2D eigenvalue weighted by atomic mass is 79.9. The average molecular weight is 370 g/mol. The first-order valence-corrected chi connectivity index (χ1v) is 8.58. The molecule has 1 aromatic carbocycles. The van der Waals surface area contributed by atoms with E-state index in [0.717, 1.165) is 54.6 Å². The fourth-order valence-electron chi connectivity index (χ4n) is 3.00. The summed E-state index contributed by atoms with van der Waals surface area (Å²) < 4.78 is 11.7. The lowest BCUT2D eigenvalue weighted by atomic mass is 10.0. The number of nitrogens with zero attached hydrogens (tertiary/aromatic N) is 1. The van der Waals surface area contributed by atoms with Crippen LogP contribution in [0.4, 0.5) is 0 Å². The molecule has 0 bridgehead atoms. The van der Waals surface area contributed by atoms with Crippen molar-refractivity contribution < 1.29 is 14.3 Å². The van der Waals surface area contributed by atoms with Crippen LogP contribution in [0.1, 0.15) is 31.2 Å². The average Bonchev–Trinajstić information content (AvgIpc) is 3.06. The first-order chi connectivity index (χ1) is 10.7. The quantitative estimate of drug-likeness (QED) is 0.657. The van der Waals surface area contributed by atoms with E-state index >= 15 is 0 Å². The summed E-state index contributed by atoms with van der Waals surface area (Å²) in [6.45, 7) is 2.12. The van der Waals surface area contributed by atoms with Gasteiger partial charge in [-0.25, -0.2) is 0 Å². The Morgan fingerprint density at radius 2 is 1.86 bits per heavy atom. The van der Waals surface area contributed by atoms with Crippen LogP contribution in [0.5, 0.6) is 11.5 Å². The molecule has 1 fully saturated rings. The number of aryl methyl sites for hydroxylation is 1. The lowest BCUT2D eigenvalue weighted by Crippen LogP contribution is -2.33. The summed E-state index contributed by atoms with van der Waals surface area (Å²) in [6.07, 6.45) is 6.34. The zero-order valence-corrected chi connectivity index (χ0v) is 14.9. The summed E-state index contributed by atoms with van der Waals surface area (Å²) in [7, 11) is 3.28. The van der Waals surface area contributed by atoms with Crippen LogP contribution in [0.2, 0.25) is 0 Å². The van der Waals surface area contributed by atoms with E-state index < -0.39 is 0 Å². The molecule has 1 unspecified atom stereocenters. The molecule has 1 aromatic rings. The number of carbonyl (C=O) groups excluding carboxylic acids is 1. The Hall–Kier alpha value is -1.07. The molecule has 0 aromatic heterocycles. The molecule has 1 heterocycles. The van der Waals surface area contributed by atoms with Gasteiger partial charge in [0.2, 0.25) is 0 Å². The molecule has 1 atom stereocenters. The monoisotopic (exact) mass is 369 g/mol. The van der Waals surface area contributed by atoms with E-state index in [-0.39, 0.29) is 6.04 Å². The van der Waals surface area contributed by atoms with Crippen molar-refractivity contribution in [2.75, 3.05) is 27.3 Å². The van der Waals surface area contributed by atoms with Gasteiger partial charge >= 0.3 is 0 Å². The molecule has 122 valence electrons. The molecule has 4 nitrogen and oxygen atoms in total.